The van der Waals surface area contributed by atoms with Crippen LogP contribution < -0.4 is 5.32 Å². The minimum atomic E-state index is -0.182. The van der Waals surface area contributed by atoms with Gasteiger partial charge in [0.25, 0.3) is 0 Å². The molecule has 1 aromatic rings. The van der Waals surface area contributed by atoms with E-state index in [0.29, 0.717) is 5.56 Å². The van der Waals surface area contributed by atoms with Gasteiger partial charge in [-0.1, -0.05) is 17.8 Å². The Balaban J connectivity index is 2.13. The Labute approximate surface area is 86.6 Å². The number of thioether (sulfide) groups is 1. The van der Waals surface area contributed by atoms with E-state index in [1.807, 2.05) is 6.07 Å². The number of anilines is 1. The molecule has 14 heavy (non-hydrogen) atoms. The first-order chi connectivity index (χ1) is 6.75. The Kier molecular flexibility index (Phi) is 2.72. The zero-order valence-corrected chi connectivity index (χ0v) is 8.70. The van der Waals surface area contributed by atoms with Crippen molar-refractivity contribution < 1.29 is 4.39 Å². The number of halogens is 1. The normalized spacial score (nSPS) is 15.4. The van der Waals surface area contributed by atoms with E-state index >= 15 is 0 Å². The average Bonchev–Trinajstić information content (AvgIpc) is 2.64. The maximum Gasteiger partial charge on any atom is 0.161 e. The molecule has 2 nitrogen and oxygen atoms in total. The first-order valence-electron chi connectivity index (χ1n) is 4.46. The van der Waals surface area contributed by atoms with Crippen LogP contribution in [0.5, 0.6) is 0 Å². The third-order valence-electron chi connectivity index (χ3n) is 2.01. The van der Waals surface area contributed by atoms with E-state index < -0.39 is 0 Å². The van der Waals surface area contributed by atoms with Crippen LogP contribution in [0.15, 0.2) is 23.2 Å². The summed E-state index contributed by atoms with van der Waals surface area (Å²) in [6.45, 7) is 2.60. The number of amidine groups is 1. The first-order valence-corrected chi connectivity index (χ1v) is 5.45. The van der Waals surface area contributed by atoms with Crippen LogP contribution in [0.4, 0.5) is 10.1 Å². The Bertz CT molecular complexity index is 376. The predicted molar refractivity (Wildman–Crippen MR) is 59.5 cm³/mol. The lowest BCUT2D eigenvalue weighted by molar-refractivity contribution is 0.619. The van der Waals surface area contributed by atoms with Gasteiger partial charge < -0.3 is 5.32 Å². The number of aliphatic imine (C=N–C) groups is 1. The molecule has 0 spiro atoms. The minimum Gasteiger partial charge on any atom is -0.335 e. The van der Waals surface area contributed by atoms with Crippen LogP contribution >= 0.6 is 11.8 Å². The summed E-state index contributed by atoms with van der Waals surface area (Å²) < 4.78 is 13.2. The van der Waals surface area contributed by atoms with Crippen molar-refractivity contribution in [3.05, 3.63) is 29.6 Å². The highest BCUT2D eigenvalue weighted by atomic mass is 32.2. The Hall–Kier alpha value is -1.03. The molecule has 1 aliphatic heterocycles. The second-order valence-electron chi connectivity index (χ2n) is 3.12. The molecule has 0 saturated carbocycles. The van der Waals surface area contributed by atoms with Gasteiger partial charge in [-0.2, -0.15) is 0 Å². The van der Waals surface area contributed by atoms with Crippen LogP contribution in [0.1, 0.15) is 5.56 Å². The summed E-state index contributed by atoms with van der Waals surface area (Å²) in [4.78, 5) is 4.23. The van der Waals surface area contributed by atoms with Gasteiger partial charge in [-0.15, -0.1) is 0 Å². The van der Waals surface area contributed by atoms with E-state index in [1.54, 1.807) is 24.8 Å². The molecule has 0 radical (unpaired) electrons. The number of rotatable bonds is 1. The monoisotopic (exact) mass is 210 g/mol. The maximum absolute atomic E-state index is 13.2. The van der Waals surface area contributed by atoms with Gasteiger partial charge in [0.15, 0.2) is 5.17 Å². The summed E-state index contributed by atoms with van der Waals surface area (Å²) in [5.41, 5.74) is 1.43. The highest BCUT2D eigenvalue weighted by Crippen LogP contribution is 2.18. The molecule has 0 fully saturated rings. The van der Waals surface area contributed by atoms with Crippen molar-refractivity contribution in [1.82, 2.24) is 0 Å². The molecule has 0 amide bonds. The van der Waals surface area contributed by atoms with Crippen molar-refractivity contribution in [3.63, 3.8) is 0 Å². The van der Waals surface area contributed by atoms with E-state index in [1.165, 1.54) is 6.07 Å². The number of hydrogen-bond acceptors (Lipinski definition) is 3. The second-order valence-corrected chi connectivity index (χ2v) is 4.21. The van der Waals surface area contributed by atoms with Gasteiger partial charge in [0.05, 0.1) is 6.54 Å². The van der Waals surface area contributed by atoms with Crippen molar-refractivity contribution >= 4 is 22.6 Å². The summed E-state index contributed by atoms with van der Waals surface area (Å²) >= 11 is 1.66. The highest BCUT2D eigenvalue weighted by Gasteiger charge is 2.07. The maximum atomic E-state index is 13.2. The largest absolute Gasteiger partial charge is 0.335 e. The molecule has 1 N–H and O–H groups in total. The summed E-state index contributed by atoms with van der Waals surface area (Å²) in [6, 6.07) is 5.12. The van der Waals surface area contributed by atoms with Crippen molar-refractivity contribution in [2.45, 2.75) is 6.92 Å². The fourth-order valence-corrected chi connectivity index (χ4v) is 1.95. The molecule has 0 atom stereocenters. The lowest BCUT2D eigenvalue weighted by Crippen LogP contribution is -2.05. The SMILES string of the molecule is Cc1ccc(NC2=NCCS2)cc1F. The molecule has 1 aromatic carbocycles. The Morgan fingerprint density at radius 2 is 2.36 bits per heavy atom. The fourth-order valence-electron chi connectivity index (χ4n) is 1.20. The van der Waals surface area contributed by atoms with Gasteiger partial charge in [0.2, 0.25) is 0 Å². The van der Waals surface area contributed by atoms with Crippen molar-refractivity contribution in [1.29, 1.82) is 0 Å². The van der Waals surface area contributed by atoms with E-state index in [2.05, 4.69) is 10.3 Å². The quantitative estimate of drug-likeness (QED) is 0.770. The Morgan fingerprint density at radius 1 is 1.50 bits per heavy atom. The first kappa shape index (κ1) is 9.52. The molecule has 2 rings (SSSR count). The highest BCUT2D eigenvalue weighted by molar-refractivity contribution is 8.14. The predicted octanol–water partition coefficient (Wildman–Crippen LogP) is 2.65. The van der Waals surface area contributed by atoms with Gasteiger partial charge in [-0.3, -0.25) is 4.99 Å². The number of aryl methyl sites for hydroxylation is 1. The molecule has 1 heterocycles. The second kappa shape index (κ2) is 4.00. The van der Waals surface area contributed by atoms with Crippen molar-refractivity contribution in [3.8, 4) is 0 Å². The van der Waals surface area contributed by atoms with E-state index in [-0.39, 0.29) is 5.82 Å². The third-order valence-corrected chi connectivity index (χ3v) is 2.90. The lowest BCUT2D eigenvalue weighted by atomic mass is 10.2. The van der Waals surface area contributed by atoms with Crippen LogP contribution in [0.2, 0.25) is 0 Å². The number of nitrogens with one attached hydrogen (secondary N) is 1. The van der Waals surface area contributed by atoms with Crippen LogP contribution in [0.25, 0.3) is 0 Å². The van der Waals surface area contributed by atoms with Gasteiger partial charge in [-0.05, 0) is 24.6 Å². The van der Waals surface area contributed by atoms with E-state index in [4.69, 9.17) is 0 Å². The molecule has 4 heteroatoms. The number of benzene rings is 1. The number of nitrogens with zero attached hydrogens (tertiary/aromatic N) is 1. The lowest BCUT2D eigenvalue weighted by Gasteiger charge is -2.05. The van der Waals surface area contributed by atoms with Crippen molar-refractivity contribution in [2.75, 3.05) is 17.6 Å². The zero-order valence-electron chi connectivity index (χ0n) is 7.88. The van der Waals surface area contributed by atoms with E-state index in [0.717, 1.165) is 23.2 Å². The standard InChI is InChI=1S/C10H11FN2S/c1-7-2-3-8(6-9(7)11)13-10-12-4-5-14-10/h2-3,6H,4-5H2,1H3,(H,12,13). The molecular formula is C10H11FN2S. The van der Waals surface area contributed by atoms with Crippen LogP contribution in [-0.2, 0) is 0 Å². The summed E-state index contributed by atoms with van der Waals surface area (Å²) in [7, 11) is 0. The van der Waals surface area contributed by atoms with Crippen LogP contribution in [0, 0.1) is 12.7 Å². The molecule has 0 bridgehead atoms. The van der Waals surface area contributed by atoms with Gasteiger partial charge in [0, 0.05) is 11.4 Å². The molecule has 74 valence electrons. The molecule has 0 aliphatic carbocycles. The van der Waals surface area contributed by atoms with Crippen LogP contribution in [0.3, 0.4) is 0 Å². The Morgan fingerprint density at radius 3 is 3.00 bits per heavy atom. The summed E-state index contributed by atoms with van der Waals surface area (Å²) in [5, 5.41) is 3.96. The number of hydrogen-bond donors (Lipinski definition) is 1. The third kappa shape index (κ3) is 2.07. The molecule has 0 unspecified atom stereocenters. The minimum absolute atomic E-state index is 0.182. The van der Waals surface area contributed by atoms with Gasteiger partial charge in [-0.25, -0.2) is 4.39 Å². The van der Waals surface area contributed by atoms with E-state index in [9.17, 15) is 4.39 Å². The van der Waals surface area contributed by atoms with Gasteiger partial charge >= 0.3 is 0 Å². The fraction of sp³-hybridized carbons (Fsp3) is 0.300. The summed E-state index contributed by atoms with van der Waals surface area (Å²) in [6.07, 6.45) is 0. The zero-order chi connectivity index (χ0) is 9.97. The smallest absolute Gasteiger partial charge is 0.161 e. The van der Waals surface area contributed by atoms with Crippen LogP contribution in [-0.4, -0.2) is 17.5 Å². The summed E-state index contributed by atoms with van der Waals surface area (Å²) in [5.74, 6) is 0.829. The molecule has 1 aliphatic rings. The molecule has 0 saturated heterocycles. The molecule has 0 aromatic heterocycles. The molecular weight excluding hydrogens is 199 g/mol. The topological polar surface area (TPSA) is 24.4 Å². The van der Waals surface area contributed by atoms with Crippen molar-refractivity contribution in [2.24, 2.45) is 4.99 Å². The average molecular weight is 210 g/mol. The van der Waals surface area contributed by atoms with Gasteiger partial charge in [0.1, 0.15) is 5.82 Å².